The van der Waals surface area contributed by atoms with E-state index >= 15 is 0 Å². The summed E-state index contributed by atoms with van der Waals surface area (Å²) < 4.78 is 5.10. The largest absolute Gasteiger partial charge is 0.497 e. The lowest BCUT2D eigenvalue weighted by Gasteiger charge is -2.06. The molecule has 1 fully saturated rings. The van der Waals surface area contributed by atoms with Crippen LogP contribution in [-0.4, -0.2) is 35.4 Å². The molecular formula is C21H21N3O3S. The molecule has 0 aromatic heterocycles. The molecule has 0 saturated carbocycles. The summed E-state index contributed by atoms with van der Waals surface area (Å²) in [6.07, 6.45) is 1.72. The molecule has 1 unspecified atom stereocenters. The third-order valence-corrected chi connectivity index (χ3v) is 5.52. The highest BCUT2D eigenvalue weighted by molar-refractivity contribution is 8.15. The number of hydrogen-bond acceptors (Lipinski definition) is 6. The minimum atomic E-state index is -0.496. The zero-order valence-electron chi connectivity index (χ0n) is 15.9. The topological polar surface area (TPSA) is 80.1 Å². The molecule has 2 aromatic carbocycles. The standard InChI is InChI=1S/C21H21N3O3S/c1-13-4-7-16(10-14(13)2)18(25)11-19-20(26)23-21(28-19)24-22-12-15-5-8-17(27-3)9-6-15/h4-10,12,19H,11H2,1-3H3,(H,23,24,26)/b22-12+. The highest BCUT2D eigenvalue weighted by Crippen LogP contribution is 2.24. The van der Waals surface area contributed by atoms with Gasteiger partial charge in [0.15, 0.2) is 11.0 Å². The van der Waals surface area contributed by atoms with Crippen LogP contribution in [-0.2, 0) is 4.79 Å². The maximum atomic E-state index is 12.5. The summed E-state index contributed by atoms with van der Waals surface area (Å²) in [6, 6.07) is 13.0. The first-order chi connectivity index (χ1) is 13.5. The summed E-state index contributed by atoms with van der Waals surface area (Å²) in [4.78, 5) is 24.6. The Bertz CT molecular complexity index is 952. The molecule has 28 heavy (non-hydrogen) atoms. The normalized spacial score (nSPS) is 17.9. The van der Waals surface area contributed by atoms with Crippen LogP contribution in [0.2, 0.25) is 0 Å². The predicted octanol–water partition coefficient (Wildman–Crippen LogP) is 3.51. The molecule has 6 nitrogen and oxygen atoms in total. The van der Waals surface area contributed by atoms with Gasteiger partial charge in [0.25, 0.3) is 0 Å². The van der Waals surface area contributed by atoms with Crippen molar-refractivity contribution in [1.29, 1.82) is 0 Å². The zero-order chi connectivity index (χ0) is 20.1. The summed E-state index contributed by atoms with van der Waals surface area (Å²) in [6.45, 7) is 3.97. The molecule has 0 spiro atoms. The van der Waals surface area contributed by atoms with Crippen molar-refractivity contribution < 1.29 is 14.3 Å². The summed E-state index contributed by atoms with van der Waals surface area (Å²) in [5.74, 6) is 0.484. The van der Waals surface area contributed by atoms with Crippen molar-refractivity contribution in [3.05, 3.63) is 64.7 Å². The van der Waals surface area contributed by atoms with Gasteiger partial charge in [0.1, 0.15) is 5.75 Å². The molecule has 7 heteroatoms. The Balaban J connectivity index is 1.60. The Labute approximate surface area is 168 Å². The van der Waals surface area contributed by atoms with Crippen LogP contribution in [0.4, 0.5) is 0 Å². The molecule has 1 amide bonds. The average molecular weight is 395 g/mol. The second-order valence-corrected chi connectivity index (χ2v) is 7.64. The van der Waals surface area contributed by atoms with E-state index in [-0.39, 0.29) is 18.1 Å². The fourth-order valence-corrected chi connectivity index (χ4v) is 3.55. The van der Waals surface area contributed by atoms with E-state index in [1.165, 1.54) is 11.8 Å². The van der Waals surface area contributed by atoms with Gasteiger partial charge in [-0.25, -0.2) is 0 Å². The molecule has 0 bridgehead atoms. The lowest BCUT2D eigenvalue weighted by molar-refractivity contribution is -0.118. The number of Topliss-reactive ketones (excluding diaryl/α,β-unsaturated/α-hetero) is 1. The highest BCUT2D eigenvalue weighted by atomic mass is 32.2. The number of rotatable bonds is 6. The zero-order valence-corrected chi connectivity index (χ0v) is 16.7. The van der Waals surface area contributed by atoms with Crippen molar-refractivity contribution in [2.75, 3.05) is 7.11 Å². The van der Waals surface area contributed by atoms with E-state index in [4.69, 9.17) is 4.74 Å². The highest BCUT2D eigenvalue weighted by Gasteiger charge is 2.32. The fourth-order valence-electron chi connectivity index (χ4n) is 2.63. The molecule has 2 aromatic rings. The number of carbonyl (C=O) groups is 2. The van der Waals surface area contributed by atoms with Crippen LogP contribution < -0.4 is 10.1 Å². The van der Waals surface area contributed by atoms with Crippen molar-refractivity contribution in [2.45, 2.75) is 25.5 Å². The van der Waals surface area contributed by atoms with E-state index in [1.807, 2.05) is 50.2 Å². The van der Waals surface area contributed by atoms with E-state index in [9.17, 15) is 9.59 Å². The lowest BCUT2D eigenvalue weighted by Crippen LogP contribution is -2.26. The summed E-state index contributed by atoms with van der Waals surface area (Å²) in [5.41, 5.74) is 3.68. The number of carbonyl (C=O) groups excluding carboxylic acids is 2. The number of nitrogens with one attached hydrogen (secondary N) is 1. The predicted molar refractivity (Wildman–Crippen MR) is 112 cm³/mol. The van der Waals surface area contributed by atoms with Gasteiger partial charge in [-0.3, -0.25) is 9.59 Å². The van der Waals surface area contributed by atoms with Crippen LogP contribution in [0.15, 0.2) is 52.7 Å². The number of amides is 1. The molecule has 0 aliphatic carbocycles. The fraction of sp³-hybridized carbons (Fsp3) is 0.238. The van der Waals surface area contributed by atoms with Crippen LogP contribution in [0.1, 0.15) is 33.5 Å². The van der Waals surface area contributed by atoms with Crippen molar-refractivity contribution in [3.63, 3.8) is 0 Å². The number of ketones is 1. The Hall–Kier alpha value is -2.93. The number of benzene rings is 2. The van der Waals surface area contributed by atoms with Gasteiger partial charge in [-0.05, 0) is 60.9 Å². The number of ether oxygens (including phenoxy) is 1. The molecule has 1 heterocycles. The molecule has 1 aliphatic heterocycles. The Morgan fingerprint density at radius 3 is 2.61 bits per heavy atom. The van der Waals surface area contributed by atoms with Gasteiger partial charge in [0, 0.05) is 12.0 Å². The molecule has 0 radical (unpaired) electrons. The van der Waals surface area contributed by atoms with Gasteiger partial charge in [0.2, 0.25) is 5.91 Å². The molecular weight excluding hydrogens is 374 g/mol. The van der Waals surface area contributed by atoms with E-state index in [2.05, 4.69) is 15.5 Å². The lowest BCUT2D eigenvalue weighted by atomic mass is 10.0. The van der Waals surface area contributed by atoms with Gasteiger partial charge in [-0.15, -0.1) is 5.10 Å². The van der Waals surface area contributed by atoms with Crippen LogP contribution in [0, 0.1) is 13.8 Å². The quantitative estimate of drug-likeness (QED) is 0.461. The van der Waals surface area contributed by atoms with E-state index < -0.39 is 5.25 Å². The molecule has 1 atom stereocenters. The maximum absolute atomic E-state index is 12.5. The summed E-state index contributed by atoms with van der Waals surface area (Å²) in [5, 5.41) is 10.6. The number of thioether (sulfide) groups is 1. The van der Waals surface area contributed by atoms with Gasteiger partial charge in [0.05, 0.1) is 18.6 Å². The van der Waals surface area contributed by atoms with Crippen molar-refractivity contribution in [2.24, 2.45) is 10.2 Å². The molecule has 1 aliphatic rings. The molecule has 1 saturated heterocycles. The number of aryl methyl sites for hydroxylation is 2. The van der Waals surface area contributed by atoms with Gasteiger partial charge >= 0.3 is 0 Å². The Morgan fingerprint density at radius 2 is 1.93 bits per heavy atom. The van der Waals surface area contributed by atoms with Gasteiger partial charge < -0.3 is 10.1 Å². The smallest absolute Gasteiger partial charge is 0.240 e. The Morgan fingerprint density at radius 1 is 1.18 bits per heavy atom. The van der Waals surface area contributed by atoms with Crippen LogP contribution in [0.25, 0.3) is 0 Å². The van der Waals surface area contributed by atoms with Crippen molar-refractivity contribution in [1.82, 2.24) is 5.32 Å². The second-order valence-electron chi connectivity index (χ2n) is 6.44. The van der Waals surface area contributed by atoms with E-state index in [0.717, 1.165) is 22.4 Å². The number of amidine groups is 1. The number of nitrogens with zero attached hydrogens (tertiary/aromatic N) is 2. The first kappa shape index (κ1) is 19.8. The molecule has 144 valence electrons. The van der Waals surface area contributed by atoms with Crippen LogP contribution in [0.5, 0.6) is 5.75 Å². The first-order valence-electron chi connectivity index (χ1n) is 8.79. The van der Waals surface area contributed by atoms with Crippen LogP contribution in [0.3, 0.4) is 0 Å². The first-order valence-corrected chi connectivity index (χ1v) is 9.67. The summed E-state index contributed by atoms with van der Waals surface area (Å²) in [7, 11) is 1.61. The maximum Gasteiger partial charge on any atom is 0.240 e. The number of methoxy groups -OCH3 is 1. The van der Waals surface area contributed by atoms with E-state index in [0.29, 0.717) is 10.7 Å². The van der Waals surface area contributed by atoms with Crippen LogP contribution >= 0.6 is 11.8 Å². The third kappa shape index (κ3) is 4.86. The minimum absolute atomic E-state index is 0.0567. The Kier molecular flexibility index (Phi) is 6.26. The monoisotopic (exact) mass is 395 g/mol. The second kappa shape index (κ2) is 8.84. The van der Waals surface area contributed by atoms with Gasteiger partial charge in [-0.1, -0.05) is 23.9 Å². The minimum Gasteiger partial charge on any atom is -0.497 e. The van der Waals surface area contributed by atoms with Gasteiger partial charge in [-0.2, -0.15) is 5.10 Å². The average Bonchev–Trinajstić information content (AvgIpc) is 3.03. The van der Waals surface area contributed by atoms with Crippen molar-refractivity contribution >= 4 is 34.8 Å². The van der Waals surface area contributed by atoms with Crippen molar-refractivity contribution in [3.8, 4) is 5.75 Å². The van der Waals surface area contributed by atoms with E-state index in [1.54, 1.807) is 19.4 Å². The summed E-state index contributed by atoms with van der Waals surface area (Å²) >= 11 is 1.23. The SMILES string of the molecule is COc1ccc(/C=N/N=C2\NC(=O)C(CC(=O)c3ccc(C)c(C)c3)S2)cc1. The third-order valence-electron chi connectivity index (χ3n) is 4.45. The molecule has 3 rings (SSSR count). The number of hydrogen-bond donors (Lipinski definition) is 1. The molecule has 1 N–H and O–H groups in total.